The van der Waals surface area contributed by atoms with E-state index in [1.807, 2.05) is 43.4 Å². The lowest BCUT2D eigenvalue weighted by Crippen LogP contribution is -2.40. The van der Waals surface area contributed by atoms with Gasteiger partial charge in [0.05, 0.1) is 37.3 Å². The van der Waals surface area contributed by atoms with Crippen LogP contribution in [0.4, 0.5) is 21.8 Å². The predicted molar refractivity (Wildman–Crippen MR) is 129 cm³/mol. The molecule has 0 spiro atoms. The van der Waals surface area contributed by atoms with Crippen LogP contribution in [0.15, 0.2) is 31.4 Å². The molecule has 2 unspecified atom stereocenters. The van der Waals surface area contributed by atoms with Crippen LogP contribution in [-0.2, 0) is 11.3 Å². The molecular formula is C22H31FN10O. The number of hydrogen-bond donors (Lipinski definition) is 2. The first kappa shape index (κ1) is 23.6. The molecule has 4 heterocycles. The van der Waals surface area contributed by atoms with Crippen molar-refractivity contribution in [2.75, 3.05) is 43.9 Å². The second-order valence-corrected chi connectivity index (χ2v) is 8.95. The molecule has 1 saturated heterocycles. The summed E-state index contributed by atoms with van der Waals surface area (Å²) < 4.78 is 18.5. The van der Waals surface area contributed by atoms with Gasteiger partial charge in [0.25, 0.3) is 0 Å². The lowest BCUT2D eigenvalue weighted by Gasteiger charge is -2.18. The van der Waals surface area contributed by atoms with Crippen LogP contribution in [0.5, 0.6) is 0 Å². The molecule has 12 heteroatoms. The van der Waals surface area contributed by atoms with Gasteiger partial charge in [-0.3, -0.25) is 9.48 Å². The number of halogens is 1. The fourth-order valence-electron chi connectivity index (χ4n) is 3.81. The number of carbonyl (C=O) groups is 1. The van der Waals surface area contributed by atoms with Gasteiger partial charge in [-0.15, -0.1) is 0 Å². The zero-order valence-corrected chi connectivity index (χ0v) is 19.9. The van der Waals surface area contributed by atoms with Crippen molar-refractivity contribution in [3.05, 3.63) is 31.4 Å². The van der Waals surface area contributed by atoms with Crippen LogP contribution in [0.3, 0.4) is 0 Å². The van der Waals surface area contributed by atoms with Crippen LogP contribution in [0, 0.1) is 0 Å². The molecule has 1 fully saturated rings. The smallest absolute Gasteiger partial charge is 0.243 e. The first-order valence-corrected chi connectivity index (χ1v) is 11.3. The van der Waals surface area contributed by atoms with E-state index >= 15 is 0 Å². The number of imidazole rings is 1. The highest BCUT2D eigenvalue weighted by molar-refractivity contribution is 5.88. The summed E-state index contributed by atoms with van der Waals surface area (Å²) >= 11 is 0. The summed E-state index contributed by atoms with van der Waals surface area (Å²) in [6.07, 6.45) is 5.26. The van der Waals surface area contributed by atoms with E-state index < -0.39 is 18.1 Å². The van der Waals surface area contributed by atoms with Gasteiger partial charge in [-0.1, -0.05) is 6.58 Å². The Hall–Kier alpha value is -3.54. The summed E-state index contributed by atoms with van der Waals surface area (Å²) in [4.78, 5) is 29.4. The summed E-state index contributed by atoms with van der Waals surface area (Å²) in [6.45, 7) is 9.46. The molecule has 3 aromatic rings. The molecular weight excluding hydrogens is 439 g/mol. The molecule has 34 heavy (non-hydrogen) atoms. The minimum atomic E-state index is -1.25. The Bertz CT molecular complexity index is 1170. The van der Waals surface area contributed by atoms with Gasteiger partial charge in [0.15, 0.2) is 17.0 Å². The van der Waals surface area contributed by atoms with Gasteiger partial charge in [0.1, 0.15) is 6.17 Å². The van der Waals surface area contributed by atoms with Crippen LogP contribution >= 0.6 is 0 Å². The SMILES string of the molecule is C=CC(=O)NC1CN(c2nc(Nc3cnn(CCN(C)C)c3)c3ncn(C(C)C)c3n2)CC1F. The first-order valence-electron chi connectivity index (χ1n) is 11.3. The standard InChI is InChI=1S/C22H31FN10O/c1-6-18(34)27-17-12-31(11-16(17)23)22-28-20(19-21(29-22)33(13-24-19)14(2)3)26-15-9-25-32(10-15)8-7-30(4)5/h6,9-10,13-14,16-17H,1,7-8,11-12H2,2-5H3,(H,27,34)(H,26,28,29). The highest BCUT2D eigenvalue weighted by Gasteiger charge is 2.35. The van der Waals surface area contributed by atoms with E-state index in [1.54, 1.807) is 17.4 Å². The molecule has 1 amide bonds. The Kier molecular flexibility index (Phi) is 6.77. The number of anilines is 3. The van der Waals surface area contributed by atoms with E-state index in [0.29, 0.717) is 22.9 Å². The number of nitrogens with one attached hydrogen (secondary N) is 2. The van der Waals surface area contributed by atoms with Crippen molar-refractivity contribution in [3.8, 4) is 0 Å². The summed E-state index contributed by atoms with van der Waals surface area (Å²) in [5.74, 6) is 0.480. The number of rotatable bonds is 9. The number of likely N-dealkylation sites (N-methyl/N-ethyl adjacent to an activating group) is 1. The third kappa shape index (κ3) is 5.01. The highest BCUT2D eigenvalue weighted by Crippen LogP contribution is 2.29. The van der Waals surface area contributed by atoms with Crippen LogP contribution in [0.25, 0.3) is 11.2 Å². The van der Waals surface area contributed by atoms with Crippen molar-refractivity contribution in [2.45, 2.75) is 38.6 Å². The van der Waals surface area contributed by atoms with Crippen molar-refractivity contribution >= 4 is 34.5 Å². The zero-order chi connectivity index (χ0) is 24.4. The van der Waals surface area contributed by atoms with Gasteiger partial charge in [0, 0.05) is 25.3 Å². The van der Waals surface area contributed by atoms with Gasteiger partial charge < -0.3 is 25.0 Å². The van der Waals surface area contributed by atoms with Crippen molar-refractivity contribution in [1.29, 1.82) is 0 Å². The number of fused-ring (bicyclic) bond motifs is 1. The second-order valence-electron chi connectivity index (χ2n) is 8.95. The molecule has 11 nitrogen and oxygen atoms in total. The molecule has 0 bridgehead atoms. The molecule has 3 aromatic heterocycles. The minimum Gasteiger partial charge on any atom is -0.345 e. The summed E-state index contributed by atoms with van der Waals surface area (Å²) in [6, 6.07) is -0.535. The van der Waals surface area contributed by atoms with Gasteiger partial charge in [-0.2, -0.15) is 15.1 Å². The number of amides is 1. The number of hydrogen-bond acceptors (Lipinski definition) is 8. The Morgan fingerprint density at radius 3 is 2.85 bits per heavy atom. The van der Waals surface area contributed by atoms with Crippen LogP contribution in [0.1, 0.15) is 19.9 Å². The summed E-state index contributed by atoms with van der Waals surface area (Å²) in [5.41, 5.74) is 2.03. The lowest BCUT2D eigenvalue weighted by atomic mass is 10.2. The molecule has 2 atom stereocenters. The van der Waals surface area contributed by atoms with Gasteiger partial charge in [-0.05, 0) is 34.0 Å². The van der Waals surface area contributed by atoms with E-state index in [0.717, 1.165) is 24.9 Å². The van der Waals surface area contributed by atoms with Crippen molar-refractivity contribution in [1.82, 2.24) is 39.5 Å². The van der Waals surface area contributed by atoms with E-state index in [9.17, 15) is 9.18 Å². The van der Waals surface area contributed by atoms with Gasteiger partial charge >= 0.3 is 0 Å². The van der Waals surface area contributed by atoms with Crippen LogP contribution in [0.2, 0.25) is 0 Å². The second kappa shape index (κ2) is 9.75. The van der Waals surface area contributed by atoms with E-state index in [-0.39, 0.29) is 19.1 Å². The largest absolute Gasteiger partial charge is 0.345 e. The van der Waals surface area contributed by atoms with E-state index in [1.165, 1.54) is 0 Å². The third-order valence-electron chi connectivity index (χ3n) is 5.68. The zero-order valence-electron chi connectivity index (χ0n) is 19.9. The predicted octanol–water partition coefficient (Wildman–Crippen LogP) is 1.74. The topological polar surface area (TPSA) is 109 Å². The molecule has 1 aliphatic rings. The quantitative estimate of drug-likeness (QED) is 0.455. The Labute approximate surface area is 197 Å². The van der Waals surface area contributed by atoms with Crippen molar-refractivity contribution in [2.24, 2.45) is 0 Å². The number of carbonyl (C=O) groups excluding carboxylic acids is 1. The molecule has 0 aliphatic carbocycles. The third-order valence-corrected chi connectivity index (χ3v) is 5.68. The molecule has 4 rings (SSSR count). The summed E-state index contributed by atoms with van der Waals surface area (Å²) in [5, 5.41) is 10.4. The fraction of sp³-hybridized carbons (Fsp3) is 0.500. The van der Waals surface area contributed by atoms with Gasteiger partial charge in [0.2, 0.25) is 11.9 Å². The first-order chi connectivity index (χ1) is 16.2. The molecule has 0 radical (unpaired) electrons. The number of aromatic nitrogens is 6. The molecule has 1 aliphatic heterocycles. The monoisotopic (exact) mass is 470 g/mol. The van der Waals surface area contributed by atoms with E-state index in [4.69, 9.17) is 4.98 Å². The normalized spacial score (nSPS) is 18.3. The minimum absolute atomic E-state index is 0.0747. The maximum Gasteiger partial charge on any atom is 0.243 e. The van der Waals surface area contributed by atoms with E-state index in [2.05, 4.69) is 37.2 Å². The Morgan fingerprint density at radius 2 is 2.15 bits per heavy atom. The summed E-state index contributed by atoms with van der Waals surface area (Å²) in [7, 11) is 4.03. The average molecular weight is 471 g/mol. The van der Waals surface area contributed by atoms with Gasteiger partial charge in [-0.25, -0.2) is 9.37 Å². The molecule has 0 saturated carbocycles. The molecule has 182 valence electrons. The van der Waals surface area contributed by atoms with Crippen LogP contribution in [-0.4, -0.2) is 86.0 Å². The highest BCUT2D eigenvalue weighted by atomic mass is 19.1. The molecule has 2 N–H and O–H groups in total. The fourth-order valence-corrected chi connectivity index (χ4v) is 3.81. The maximum absolute atomic E-state index is 14.7. The van der Waals surface area contributed by atoms with Crippen molar-refractivity contribution < 1.29 is 9.18 Å². The number of alkyl halides is 1. The average Bonchev–Trinajstić information content (AvgIpc) is 3.51. The molecule has 0 aromatic carbocycles. The maximum atomic E-state index is 14.7. The van der Waals surface area contributed by atoms with Crippen LogP contribution < -0.4 is 15.5 Å². The lowest BCUT2D eigenvalue weighted by molar-refractivity contribution is -0.117. The Morgan fingerprint density at radius 1 is 1.35 bits per heavy atom. The Balaban J connectivity index is 1.64. The van der Waals surface area contributed by atoms with Crippen molar-refractivity contribution in [3.63, 3.8) is 0 Å². The number of nitrogens with zero attached hydrogens (tertiary/aromatic N) is 8.